The molecule has 2 heterocycles. The Morgan fingerprint density at radius 1 is 1.03 bits per heavy atom. The summed E-state index contributed by atoms with van der Waals surface area (Å²) in [6, 6.07) is 8.69. The van der Waals surface area contributed by atoms with Crippen molar-refractivity contribution >= 4 is 23.2 Å². The summed E-state index contributed by atoms with van der Waals surface area (Å²) in [5.41, 5.74) is 0.436. The number of benzene rings is 1. The lowest BCUT2D eigenvalue weighted by Gasteiger charge is -2.12. The number of ether oxygens (including phenoxy) is 2. The van der Waals surface area contributed by atoms with Gasteiger partial charge in [-0.25, -0.2) is 0 Å². The molecule has 2 N–H and O–H groups in total. The number of amides is 2. The molecule has 0 aliphatic rings. The molecule has 3 rings (SSSR count). The molecule has 0 bridgehead atoms. The Balaban J connectivity index is 1.48. The van der Waals surface area contributed by atoms with Crippen molar-refractivity contribution in [3.63, 3.8) is 0 Å². The van der Waals surface area contributed by atoms with E-state index >= 15 is 0 Å². The normalized spacial score (nSPS) is 10.5. The molecule has 10 heteroatoms. The van der Waals surface area contributed by atoms with Gasteiger partial charge >= 0.3 is 11.8 Å². The number of thiophene rings is 1. The van der Waals surface area contributed by atoms with Crippen LogP contribution in [0.5, 0.6) is 11.5 Å². The molecule has 0 radical (unpaired) electrons. The van der Waals surface area contributed by atoms with Crippen LogP contribution in [0.1, 0.15) is 34.9 Å². The quantitative estimate of drug-likeness (QED) is 0.475. The Labute approximate surface area is 177 Å². The number of nitrogens with one attached hydrogen (secondary N) is 2. The maximum Gasteiger partial charge on any atom is 0.316 e. The minimum absolute atomic E-state index is 0.127. The first-order valence-corrected chi connectivity index (χ1v) is 10.3. The fourth-order valence-corrected chi connectivity index (χ4v) is 3.19. The summed E-state index contributed by atoms with van der Waals surface area (Å²) in [5, 5.41) is 11.0. The Morgan fingerprint density at radius 2 is 1.77 bits per heavy atom. The van der Waals surface area contributed by atoms with Crippen molar-refractivity contribution in [2.24, 2.45) is 0 Å². The van der Waals surface area contributed by atoms with E-state index in [1.54, 1.807) is 18.2 Å². The molecule has 1 aromatic carbocycles. The minimum Gasteiger partial charge on any atom is -0.490 e. The first-order valence-electron chi connectivity index (χ1n) is 9.46. The zero-order valence-corrected chi connectivity index (χ0v) is 17.5. The van der Waals surface area contributed by atoms with Crippen LogP contribution in [0.3, 0.4) is 0 Å². The van der Waals surface area contributed by atoms with Gasteiger partial charge in [-0.1, -0.05) is 11.2 Å². The van der Waals surface area contributed by atoms with Gasteiger partial charge < -0.3 is 24.6 Å². The molecule has 0 saturated heterocycles. The standard InChI is InChI=1S/C20H22N4O5S/c1-3-27-14-8-7-13(12-15(14)28-4-2)18(25)21-9-10-22-19(26)20-23-17(24-29-20)16-6-5-11-30-16/h5-8,11-12H,3-4,9-10H2,1-2H3,(H,21,25)(H,22,26). The van der Waals surface area contributed by atoms with E-state index in [2.05, 4.69) is 20.8 Å². The van der Waals surface area contributed by atoms with Gasteiger partial charge in [0.25, 0.3) is 5.91 Å². The lowest BCUT2D eigenvalue weighted by molar-refractivity contribution is 0.0898. The molecule has 0 aliphatic carbocycles. The van der Waals surface area contributed by atoms with Crippen LogP contribution in [0.2, 0.25) is 0 Å². The van der Waals surface area contributed by atoms with E-state index in [4.69, 9.17) is 14.0 Å². The molecule has 30 heavy (non-hydrogen) atoms. The van der Waals surface area contributed by atoms with Crippen LogP contribution >= 0.6 is 11.3 Å². The lowest BCUT2D eigenvalue weighted by Crippen LogP contribution is -2.34. The molecule has 0 unspecified atom stereocenters. The van der Waals surface area contributed by atoms with Crippen molar-refractivity contribution in [2.45, 2.75) is 13.8 Å². The van der Waals surface area contributed by atoms with Gasteiger partial charge in [0, 0.05) is 18.7 Å². The molecular weight excluding hydrogens is 408 g/mol. The molecule has 0 saturated carbocycles. The molecule has 0 fully saturated rings. The monoisotopic (exact) mass is 430 g/mol. The molecule has 2 aromatic heterocycles. The van der Waals surface area contributed by atoms with E-state index in [0.29, 0.717) is 36.1 Å². The number of aromatic nitrogens is 2. The van der Waals surface area contributed by atoms with Gasteiger partial charge in [-0.15, -0.1) is 11.3 Å². The first kappa shape index (κ1) is 21.3. The number of carbonyl (C=O) groups is 2. The third kappa shape index (κ3) is 5.35. The van der Waals surface area contributed by atoms with Crippen molar-refractivity contribution in [1.82, 2.24) is 20.8 Å². The van der Waals surface area contributed by atoms with Crippen molar-refractivity contribution < 1.29 is 23.6 Å². The number of hydrogen-bond acceptors (Lipinski definition) is 8. The average Bonchev–Trinajstić information content (AvgIpc) is 3.44. The highest BCUT2D eigenvalue weighted by Crippen LogP contribution is 2.28. The molecule has 2 amide bonds. The van der Waals surface area contributed by atoms with Crippen LogP contribution in [-0.4, -0.2) is 48.3 Å². The average molecular weight is 430 g/mol. The Kier molecular flexibility index (Phi) is 7.39. The minimum atomic E-state index is -0.501. The van der Waals surface area contributed by atoms with Crippen molar-refractivity contribution in [1.29, 1.82) is 0 Å². The van der Waals surface area contributed by atoms with Gasteiger partial charge in [-0.05, 0) is 43.5 Å². The maximum absolute atomic E-state index is 12.4. The lowest BCUT2D eigenvalue weighted by atomic mass is 10.2. The summed E-state index contributed by atoms with van der Waals surface area (Å²) < 4.78 is 16.0. The van der Waals surface area contributed by atoms with Crippen LogP contribution in [-0.2, 0) is 0 Å². The van der Waals surface area contributed by atoms with Crippen molar-refractivity contribution in [2.75, 3.05) is 26.3 Å². The Hall–Kier alpha value is -3.40. The molecule has 0 spiro atoms. The highest BCUT2D eigenvalue weighted by molar-refractivity contribution is 7.13. The fraction of sp³-hybridized carbons (Fsp3) is 0.300. The summed E-state index contributed by atoms with van der Waals surface area (Å²) in [5.74, 6) is 0.551. The summed E-state index contributed by atoms with van der Waals surface area (Å²) in [6.07, 6.45) is 0. The van der Waals surface area contributed by atoms with Gasteiger partial charge in [-0.3, -0.25) is 9.59 Å². The maximum atomic E-state index is 12.4. The second-order valence-corrected chi connectivity index (χ2v) is 6.89. The third-order valence-corrected chi connectivity index (χ3v) is 4.73. The van der Waals surface area contributed by atoms with E-state index < -0.39 is 5.91 Å². The predicted molar refractivity (Wildman–Crippen MR) is 111 cm³/mol. The van der Waals surface area contributed by atoms with E-state index in [1.165, 1.54) is 11.3 Å². The summed E-state index contributed by atoms with van der Waals surface area (Å²) in [4.78, 5) is 29.4. The number of hydrogen-bond donors (Lipinski definition) is 2. The topological polar surface area (TPSA) is 116 Å². The van der Waals surface area contributed by atoms with E-state index in [1.807, 2.05) is 31.4 Å². The smallest absolute Gasteiger partial charge is 0.316 e. The highest BCUT2D eigenvalue weighted by Gasteiger charge is 2.16. The molecule has 3 aromatic rings. The predicted octanol–water partition coefficient (Wildman–Crippen LogP) is 2.76. The zero-order valence-electron chi connectivity index (χ0n) is 16.6. The van der Waals surface area contributed by atoms with Gasteiger partial charge in [0.05, 0.1) is 18.1 Å². The van der Waals surface area contributed by atoms with E-state index in [9.17, 15) is 9.59 Å². The zero-order chi connectivity index (χ0) is 21.3. The SMILES string of the molecule is CCOc1ccc(C(=O)NCCNC(=O)c2nc(-c3cccs3)no2)cc1OCC. The van der Waals surface area contributed by atoms with Crippen LogP contribution in [0.15, 0.2) is 40.2 Å². The number of carbonyl (C=O) groups excluding carboxylic acids is 2. The molecule has 0 atom stereocenters. The van der Waals surface area contributed by atoms with Crippen molar-refractivity contribution in [3.05, 3.63) is 47.2 Å². The van der Waals surface area contributed by atoms with Crippen LogP contribution in [0, 0.1) is 0 Å². The molecule has 158 valence electrons. The van der Waals surface area contributed by atoms with Gasteiger partial charge in [0.1, 0.15) is 0 Å². The molecule has 0 aliphatic heterocycles. The second kappa shape index (κ2) is 10.4. The summed E-state index contributed by atoms with van der Waals surface area (Å²) in [7, 11) is 0. The summed E-state index contributed by atoms with van der Waals surface area (Å²) >= 11 is 1.45. The number of rotatable bonds is 10. The molecular formula is C20H22N4O5S. The third-order valence-electron chi connectivity index (χ3n) is 3.86. The van der Waals surface area contributed by atoms with E-state index in [-0.39, 0.29) is 24.9 Å². The van der Waals surface area contributed by atoms with Crippen LogP contribution in [0.4, 0.5) is 0 Å². The van der Waals surface area contributed by atoms with Crippen LogP contribution < -0.4 is 20.1 Å². The van der Waals surface area contributed by atoms with Gasteiger partial charge in [-0.2, -0.15) is 4.98 Å². The number of nitrogens with zero attached hydrogens (tertiary/aromatic N) is 2. The fourth-order valence-electron chi connectivity index (χ4n) is 2.54. The van der Waals surface area contributed by atoms with Gasteiger partial charge in [0.15, 0.2) is 11.5 Å². The largest absolute Gasteiger partial charge is 0.490 e. The van der Waals surface area contributed by atoms with Gasteiger partial charge in [0.2, 0.25) is 5.82 Å². The first-order chi connectivity index (χ1) is 14.6. The van der Waals surface area contributed by atoms with Crippen molar-refractivity contribution in [3.8, 4) is 22.2 Å². The summed E-state index contributed by atoms with van der Waals surface area (Å²) in [6.45, 7) is 5.13. The van der Waals surface area contributed by atoms with E-state index in [0.717, 1.165) is 4.88 Å². The highest BCUT2D eigenvalue weighted by atomic mass is 32.1. The second-order valence-electron chi connectivity index (χ2n) is 5.94. The Morgan fingerprint density at radius 3 is 2.47 bits per heavy atom. The Bertz CT molecular complexity index is 987. The molecule has 9 nitrogen and oxygen atoms in total. The van der Waals surface area contributed by atoms with Crippen LogP contribution in [0.25, 0.3) is 10.7 Å².